The molecular weight excluding hydrogens is 381 g/mol. The maximum Gasteiger partial charge on any atom is 0.253 e. The summed E-state index contributed by atoms with van der Waals surface area (Å²) in [5, 5.41) is 0. The van der Waals surface area contributed by atoms with Crippen LogP contribution in [0, 0.1) is 12.7 Å². The lowest BCUT2D eigenvalue weighted by molar-refractivity contribution is 0.0773. The van der Waals surface area contributed by atoms with Crippen molar-refractivity contribution >= 4 is 16.9 Å². The molecule has 0 aliphatic rings. The minimum atomic E-state index is -0.415. The number of imidazole rings is 1. The highest BCUT2D eigenvalue weighted by Gasteiger charge is 2.16. The molecule has 3 aromatic carbocycles. The Bertz CT molecular complexity index is 1190. The standard InChI is InChI=1S/C24H22FN3O2/c1-17-26-21-16-18(12-13-22(21)28(17)19-8-4-3-5-9-19)24(29)27(2)14-15-30-23-11-7-6-10-20(23)25/h3-13,16H,14-15H2,1-2H3. The number of nitrogens with zero attached hydrogens (tertiary/aromatic N) is 3. The van der Waals surface area contributed by atoms with Gasteiger partial charge in [0.2, 0.25) is 0 Å². The van der Waals surface area contributed by atoms with Crippen LogP contribution in [0.3, 0.4) is 0 Å². The van der Waals surface area contributed by atoms with Crippen LogP contribution in [0.1, 0.15) is 16.2 Å². The van der Waals surface area contributed by atoms with Gasteiger partial charge in [0.25, 0.3) is 5.91 Å². The van der Waals surface area contributed by atoms with Crippen LogP contribution in [0.15, 0.2) is 72.8 Å². The maximum atomic E-state index is 13.6. The Labute approximate surface area is 174 Å². The summed E-state index contributed by atoms with van der Waals surface area (Å²) in [4.78, 5) is 19.0. The van der Waals surface area contributed by atoms with Crippen molar-refractivity contribution < 1.29 is 13.9 Å². The molecule has 1 aromatic heterocycles. The molecule has 1 heterocycles. The summed E-state index contributed by atoms with van der Waals surface area (Å²) in [6.07, 6.45) is 0. The third kappa shape index (κ3) is 3.89. The van der Waals surface area contributed by atoms with Gasteiger partial charge in [-0.15, -0.1) is 0 Å². The third-order valence-electron chi connectivity index (χ3n) is 4.95. The van der Waals surface area contributed by atoms with Crippen molar-refractivity contribution in [3.05, 3.63) is 90.0 Å². The van der Waals surface area contributed by atoms with Crippen molar-refractivity contribution in [2.45, 2.75) is 6.92 Å². The van der Waals surface area contributed by atoms with E-state index in [0.717, 1.165) is 22.5 Å². The van der Waals surface area contributed by atoms with E-state index in [4.69, 9.17) is 4.74 Å². The van der Waals surface area contributed by atoms with Gasteiger partial charge in [-0.05, 0) is 49.4 Å². The minimum absolute atomic E-state index is 0.138. The fourth-order valence-electron chi connectivity index (χ4n) is 3.41. The normalized spacial score (nSPS) is 10.9. The molecule has 1 amide bonds. The second kappa shape index (κ2) is 8.37. The van der Waals surface area contributed by atoms with Gasteiger partial charge in [0.1, 0.15) is 12.4 Å². The number of likely N-dealkylation sites (N-methyl/N-ethyl adjacent to an activating group) is 1. The number of aryl methyl sites for hydroxylation is 1. The van der Waals surface area contributed by atoms with Gasteiger partial charge in [0.05, 0.1) is 17.6 Å². The molecule has 0 aliphatic carbocycles. The van der Waals surface area contributed by atoms with E-state index in [9.17, 15) is 9.18 Å². The Balaban J connectivity index is 1.49. The van der Waals surface area contributed by atoms with Crippen molar-refractivity contribution in [1.29, 1.82) is 0 Å². The van der Waals surface area contributed by atoms with E-state index in [1.165, 1.54) is 6.07 Å². The molecule has 0 N–H and O–H groups in total. The lowest BCUT2D eigenvalue weighted by Gasteiger charge is -2.18. The predicted octanol–water partition coefficient (Wildman–Crippen LogP) is 4.62. The van der Waals surface area contributed by atoms with E-state index < -0.39 is 5.82 Å². The summed E-state index contributed by atoms with van der Waals surface area (Å²) in [5.74, 6) is 0.483. The second-order valence-corrected chi connectivity index (χ2v) is 7.04. The van der Waals surface area contributed by atoms with Crippen LogP contribution >= 0.6 is 0 Å². The number of para-hydroxylation sites is 2. The molecule has 4 rings (SSSR count). The van der Waals surface area contributed by atoms with E-state index in [1.54, 1.807) is 42.3 Å². The summed E-state index contributed by atoms with van der Waals surface area (Å²) in [7, 11) is 1.70. The van der Waals surface area contributed by atoms with Crippen LogP contribution in [0.5, 0.6) is 5.75 Å². The first-order chi connectivity index (χ1) is 14.5. The predicted molar refractivity (Wildman–Crippen MR) is 115 cm³/mol. The number of carbonyl (C=O) groups is 1. The summed E-state index contributed by atoms with van der Waals surface area (Å²) in [5.41, 5.74) is 3.28. The summed E-state index contributed by atoms with van der Waals surface area (Å²) < 4.78 is 21.1. The molecule has 0 atom stereocenters. The molecule has 6 heteroatoms. The third-order valence-corrected chi connectivity index (χ3v) is 4.95. The van der Waals surface area contributed by atoms with Crippen LogP contribution in [0.2, 0.25) is 0 Å². The fourth-order valence-corrected chi connectivity index (χ4v) is 3.41. The zero-order valence-corrected chi connectivity index (χ0v) is 16.9. The monoisotopic (exact) mass is 403 g/mol. The highest BCUT2D eigenvalue weighted by Crippen LogP contribution is 2.23. The topological polar surface area (TPSA) is 47.4 Å². The highest BCUT2D eigenvalue weighted by atomic mass is 19.1. The van der Waals surface area contributed by atoms with Crippen LogP contribution in [-0.4, -0.2) is 40.6 Å². The Morgan fingerprint density at radius 2 is 1.80 bits per heavy atom. The molecule has 30 heavy (non-hydrogen) atoms. The second-order valence-electron chi connectivity index (χ2n) is 7.04. The van der Waals surface area contributed by atoms with Crippen molar-refractivity contribution in [2.75, 3.05) is 20.2 Å². The number of benzene rings is 3. The number of fused-ring (bicyclic) bond motifs is 1. The fraction of sp³-hybridized carbons (Fsp3) is 0.167. The highest BCUT2D eigenvalue weighted by molar-refractivity contribution is 5.97. The van der Waals surface area contributed by atoms with Crippen LogP contribution < -0.4 is 4.74 Å². The molecule has 0 unspecified atom stereocenters. The van der Waals surface area contributed by atoms with Gasteiger partial charge in [0.15, 0.2) is 11.6 Å². The van der Waals surface area contributed by atoms with Gasteiger partial charge in [0, 0.05) is 18.3 Å². The Morgan fingerprint density at radius 3 is 2.57 bits per heavy atom. The molecule has 0 spiro atoms. The van der Waals surface area contributed by atoms with E-state index in [-0.39, 0.29) is 18.3 Å². The Morgan fingerprint density at radius 1 is 1.07 bits per heavy atom. The van der Waals surface area contributed by atoms with E-state index in [0.29, 0.717) is 12.1 Å². The number of halogens is 1. The quantitative estimate of drug-likeness (QED) is 0.472. The zero-order chi connectivity index (χ0) is 21.1. The van der Waals surface area contributed by atoms with Gasteiger partial charge in [-0.3, -0.25) is 9.36 Å². The molecule has 0 saturated heterocycles. The summed E-state index contributed by atoms with van der Waals surface area (Å²) in [6, 6.07) is 21.7. The van der Waals surface area contributed by atoms with Crippen LogP contribution in [0.4, 0.5) is 4.39 Å². The van der Waals surface area contributed by atoms with Gasteiger partial charge in [-0.2, -0.15) is 0 Å². The average Bonchev–Trinajstić information content (AvgIpc) is 3.09. The number of rotatable bonds is 6. The molecule has 5 nitrogen and oxygen atoms in total. The number of ether oxygens (including phenoxy) is 1. The van der Waals surface area contributed by atoms with Gasteiger partial charge >= 0.3 is 0 Å². The number of carbonyl (C=O) groups excluding carboxylic acids is 1. The summed E-state index contributed by atoms with van der Waals surface area (Å²) in [6.45, 7) is 2.48. The Hall–Kier alpha value is -3.67. The van der Waals surface area contributed by atoms with Crippen LogP contribution in [-0.2, 0) is 0 Å². The van der Waals surface area contributed by atoms with Crippen molar-refractivity contribution in [1.82, 2.24) is 14.5 Å². The molecule has 0 saturated carbocycles. The Kier molecular flexibility index (Phi) is 5.48. The first-order valence-corrected chi connectivity index (χ1v) is 9.72. The van der Waals surface area contributed by atoms with Crippen molar-refractivity contribution in [3.8, 4) is 11.4 Å². The maximum absolute atomic E-state index is 13.6. The molecule has 152 valence electrons. The van der Waals surface area contributed by atoms with Crippen molar-refractivity contribution in [3.63, 3.8) is 0 Å². The molecule has 0 fully saturated rings. The van der Waals surface area contributed by atoms with E-state index in [2.05, 4.69) is 9.55 Å². The smallest absolute Gasteiger partial charge is 0.253 e. The number of amides is 1. The first-order valence-electron chi connectivity index (χ1n) is 9.72. The van der Waals surface area contributed by atoms with E-state index in [1.807, 2.05) is 43.3 Å². The number of hydrogen-bond donors (Lipinski definition) is 0. The molecular formula is C24H22FN3O2. The summed E-state index contributed by atoms with van der Waals surface area (Å²) >= 11 is 0. The van der Waals surface area contributed by atoms with Gasteiger partial charge in [-0.25, -0.2) is 9.37 Å². The van der Waals surface area contributed by atoms with E-state index >= 15 is 0 Å². The zero-order valence-electron chi connectivity index (χ0n) is 16.9. The van der Waals surface area contributed by atoms with Crippen molar-refractivity contribution in [2.24, 2.45) is 0 Å². The lowest BCUT2D eigenvalue weighted by atomic mass is 10.1. The SMILES string of the molecule is Cc1nc2cc(C(=O)N(C)CCOc3ccccc3F)ccc2n1-c1ccccc1. The lowest BCUT2D eigenvalue weighted by Crippen LogP contribution is -2.30. The van der Waals surface area contributed by atoms with Gasteiger partial charge < -0.3 is 9.64 Å². The largest absolute Gasteiger partial charge is 0.489 e. The first kappa shape index (κ1) is 19.6. The minimum Gasteiger partial charge on any atom is -0.489 e. The number of aromatic nitrogens is 2. The molecule has 0 bridgehead atoms. The molecule has 0 aliphatic heterocycles. The van der Waals surface area contributed by atoms with Crippen LogP contribution in [0.25, 0.3) is 16.7 Å². The molecule has 0 radical (unpaired) electrons. The molecule has 4 aromatic rings. The average molecular weight is 403 g/mol. The van der Waals surface area contributed by atoms with Gasteiger partial charge in [-0.1, -0.05) is 30.3 Å². The number of hydrogen-bond acceptors (Lipinski definition) is 3.